The van der Waals surface area contributed by atoms with Crippen LogP contribution in [0.2, 0.25) is 0 Å². The average molecular weight is 297 g/mol. The molecule has 1 heterocycles. The lowest BCUT2D eigenvalue weighted by Gasteiger charge is -2.19. The molecule has 0 saturated carbocycles. The SMILES string of the molecule is COc1ccc(F)cc1N1CC(CSC(C)=O)CC1=O. The van der Waals surface area contributed by atoms with E-state index in [0.29, 0.717) is 30.2 Å². The van der Waals surface area contributed by atoms with Gasteiger partial charge in [0, 0.05) is 31.7 Å². The first-order chi connectivity index (χ1) is 9.51. The number of nitrogens with zero attached hydrogens (tertiary/aromatic N) is 1. The maximum Gasteiger partial charge on any atom is 0.227 e. The molecule has 108 valence electrons. The number of rotatable bonds is 4. The second-order valence-electron chi connectivity index (χ2n) is 4.69. The summed E-state index contributed by atoms with van der Waals surface area (Å²) in [5.41, 5.74) is 0.452. The van der Waals surface area contributed by atoms with Crippen LogP contribution in [-0.2, 0) is 9.59 Å². The number of anilines is 1. The standard InChI is InChI=1S/C14H16FNO3S/c1-9(17)20-8-10-5-14(18)16(7-10)12-6-11(15)3-4-13(12)19-2/h3-4,6,10H,5,7-8H2,1-2H3. The smallest absolute Gasteiger partial charge is 0.227 e. The Balaban J connectivity index is 2.15. The van der Waals surface area contributed by atoms with Crippen LogP contribution in [0.1, 0.15) is 13.3 Å². The van der Waals surface area contributed by atoms with Crippen molar-refractivity contribution in [2.45, 2.75) is 13.3 Å². The van der Waals surface area contributed by atoms with E-state index >= 15 is 0 Å². The highest BCUT2D eigenvalue weighted by atomic mass is 32.2. The second kappa shape index (κ2) is 6.26. The molecule has 1 aliphatic heterocycles. The van der Waals surface area contributed by atoms with E-state index < -0.39 is 5.82 Å². The molecule has 1 saturated heterocycles. The highest BCUT2D eigenvalue weighted by molar-refractivity contribution is 8.13. The zero-order valence-corrected chi connectivity index (χ0v) is 12.2. The predicted octanol–water partition coefficient (Wildman–Crippen LogP) is 2.47. The fourth-order valence-corrected chi connectivity index (χ4v) is 2.93. The number of benzene rings is 1. The molecule has 0 N–H and O–H groups in total. The minimum atomic E-state index is -0.407. The summed E-state index contributed by atoms with van der Waals surface area (Å²) < 4.78 is 18.5. The van der Waals surface area contributed by atoms with E-state index in [9.17, 15) is 14.0 Å². The van der Waals surface area contributed by atoms with Gasteiger partial charge in [0.15, 0.2) is 5.12 Å². The Morgan fingerprint density at radius 3 is 2.95 bits per heavy atom. The van der Waals surface area contributed by atoms with Crippen LogP contribution in [0.25, 0.3) is 0 Å². The van der Waals surface area contributed by atoms with Crippen molar-refractivity contribution in [3.8, 4) is 5.75 Å². The van der Waals surface area contributed by atoms with Crippen LogP contribution in [0, 0.1) is 11.7 Å². The summed E-state index contributed by atoms with van der Waals surface area (Å²) in [7, 11) is 1.49. The molecule has 0 bridgehead atoms. The van der Waals surface area contributed by atoms with Crippen LogP contribution >= 0.6 is 11.8 Å². The summed E-state index contributed by atoms with van der Waals surface area (Å²) in [5, 5.41) is 0.0410. The van der Waals surface area contributed by atoms with E-state index in [0.717, 1.165) is 0 Å². The molecule has 1 aliphatic rings. The molecule has 1 fully saturated rings. The van der Waals surface area contributed by atoms with Crippen LogP contribution in [0.15, 0.2) is 18.2 Å². The number of halogens is 1. The molecule has 4 nitrogen and oxygen atoms in total. The van der Waals surface area contributed by atoms with E-state index in [2.05, 4.69) is 0 Å². The monoisotopic (exact) mass is 297 g/mol. The lowest BCUT2D eigenvalue weighted by molar-refractivity contribution is -0.117. The van der Waals surface area contributed by atoms with E-state index in [1.165, 1.54) is 48.9 Å². The first kappa shape index (κ1) is 14.8. The molecular weight excluding hydrogens is 281 g/mol. The van der Waals surface area contributed by atoms with Crippen LogP contribution in [0.5, 0.6) is 5.75 Å². The lowest BCUT2D eigenvalue weighted by Crippen LogP contribution is -2.25. The fraction of sp³-hybridized carbons (Fsp3) is 0.429. The summed E-state index contributed by atoms with van der Waals surface area (Å²) in [4.78, 5) is 24.6. The van der Waals surface area contributed by atoms with Gasteiger partial charge in [0.2, 0.25) is 5.91 Å². The molecule has 1 atom stereocenters. The van der Waals surface area contributed by atoms with E-state index in [1.54, 1.807) is 0 Å². The Morgan fingerprint density at radius 2 is 2.30 bits per heavy atom. The van der Waals surface area contributed by atoms with Crippen molar-refractivity contribution in [2.24, 2.45) is 5.92 Å². The number of hydrogen-bond donors (Lipinski definition) is 0. The van der Waals surface area contributed by atoms with E-state index in [-0.39, 0.29) is 16.9 Å². The number of ether oxygens (including phenoxy) is 1. The number of hydrogen-bond acceptors (Lipinski definition) is 4. The summed E-state index contributed by atoms with van der Waals surface area (Å²) >= 11 is 1.22. The van der Waals surface area contributed by atoms with Gasteiger partial charge in [-0.05, 0) is 18.1 Å². The maximum absolute atomic E-state index is 13.4. The zero-order chi connectivity index (χ0) is 14.7. The van der Waals surface area contributed by atoms with Gasteiger partial charge in [0.1, 0.15) is 11.6 Å². The Morgan fingerprint density at radius 1 is 1.55 bits per heavy atom. The third kappa shape index (κ3) is 3.30. The first-order valence-corrected chi connectivity index (χ1v) is 7.27. The molecular formula is C14H16FNO3S. The van der Waals surface area contributed by atoms with Gasteiger partial charge >= 0.3 is 0 Å². The maximum atomic E-state index is 13.4. The van der Waals surface area contributed by atoms with Gasteiger partial charge in [0.25, 0.3) is 0 Å². The third-order valence-corrected chi connectivity index (χ3v) is 4.20. The van der Waals surface area contributed by atoms with E-state index in [1.807, 2.05) is 0 Å². The van der Waals surface area contributed by atoms with Crippen LogP contribution < -0.4 is 9.64 Å². The fourth-order valence-electron chi connectivity index (χ4n) is 2.24. The van der Waals surface area contributed by atoms with Crippen molar-refractivity contribution in [3.05, 3.63) is 24.0 Å². The predicted molar refractivity (Wildman–Crippen MR) is 76.6 cm³/mol. The van der Waals surface area contributed by atoms with Crippen molar-refractivity contribution >= 4 is 28.5 Å². The van der Waals surface area contributed by atoms with Gasteiger partial charge in [-0.25, -0.2) is 4.39 Å². The minimum absolute atomic E-state index is 0.0410. The first-order valence-electron chi connectivity index (χ1n) is 6.28. The molecule has 1 amide bonds. The van der Waals surface area contributed by atoms with Gasteiger partial charge in [-0.3, -0.25) is 9.59 Å². The third-order valence-electron chi connectivity index (χ3n) is 3.16. The van der Waals surface area contributed by atoms with Crippen LogP contribution in [0.3, 0.4) is 0 Å². The summed E-state index contributed by atoms with van der Waals surface area (Å²) in [6.45, 7) is 1.99. The molecule has 1 aromatic carbocycles. The van der Waals surface area contributed by atoms with Gasteiger partial charge in [-0.15, -0.1) is 0 Å². The number of amides is 1. The summed E-state index contributed by atoms with van der Waals surface area (Å²) in [6.07, 6.45) is 0.375. The Labute approximate surface area is 121 Å². The molecule has 2 rings (SSSR count). The lowest BCUT2D eigenvalue weighted by atomic mass is 10.1. The zero-order valence-electron chi connectivity index (χ0n) is 11.4. The van der Waals surface area contributed by atoms with Crippen molar-refractivity contribution in [1.82, 2.24) is 0 Å². The molecule has 20 heavy (non-hydrogen) atoms. The van der Waals surface area contributed by atoms with Crippen molar-refractivity contribution in [3.63, 3.8) is 0 Å². The summed E-state index contributed by atoms with van der Waals surface area (Å²) in [6, 6.07) is 4.11. The average Bonchev–Trinajstić information content (AvgIpc) is 2.77. The Bertz CT molecular complexity index is 535. The normalized spacial score (nSPS) is 18.4. The molecule has 6 heteroatoms. The van der Waals surface area contributed by atoms with Crippen molar-refractivity contribution in [2.75, 3.05) is 24.3 Å². The highest BCUT2D eigenvalue weighted by Gasteiger charge is 2.32. The highest BCUT2D eigenvalue weighted by Crippen LogP contribution is 2.34. The number of carbonyl (C=O) groups excluding carboxylic acids is 2. The number of thioether (sulfide) groups is 1. The summed E-state index contributed by atoms with van der Waals surface area (Å²) in [5.74, 6) is 0.706. The molecule has 1 unspecified atom stereocenters. The molecule has 0 aromatic heterocycles. The molecule has 0 aliphatic carbocycles. The molecule has 1 aromatic rings. The van der Waals surface area contributed by atoms with Crippen molar-refractivity contribution < 1.29 is 18.7 Å². The van der Waals surface area contributed by atoms with Crippen LogP contribution in [-0.4, -0.2) is 30.4 Å². The van der Waals surface area contributed by atoms with E-state index in [4.69, 9.17) is 4.74 Å². The van der Waals surface area contributed by atoms with Gasteiger partial charge in [-0.1, -0.05) is 11.8 Å². The Kier molecular flexibility index (Phi) is 4.65. The van der Waals surface area contributed by atoms with Gasteiger partial charge in [0.05, 0.1) is 12.8 Å². The molecule has 0 radical (unpaired) electrons. The largest absolute Gasteiger partial charge is 0.495 e. The second-order valence-corrected chi connectivity index (χ2v) is 5.89. The van der Waals surface area contributed by atoms with Gasteiger partial charge in [-0.2, -0.15) is 0 Å². The topological polar surface area (TPSA) is 46.6 Å². The number of carbonyl (C=O) groups is 2. The van der Waals surface area contributed by atoms with Gasteiger partial charge < -0.3 is 9.64 Å². The quantitative estimate of drug-likeness (QED) is 0.856. The molecule has 0 spiro atoms. The Hall–Kier alpha value is -1.56. The number of methoxy groups -OCH3 is 1. The van der Waals surface area contributed by atoms with Crippen LogP contribution in [0.4, 0.5) is 10.1 Å². The minimum Gasteiger partial charge on any atom is -0.495 e. The van der Waals surface area contributed by atoms with Crippen molar-refractivity contribution in [1.29, 1.82) is 0 Å².